The van der Waals surface area contributed by atoms with Crippen molar-refractivity contribution in [2.45, 2.75) is 12.6 Å². The van der Waals surface area contributed by atoms with E-state index in [0.29, 0.717) is 6.54 Å². The maximum atomic E-state index is 12.6. The fraction of sp³-hybridized carbons (Fsp3) is 0.129. The molecule has 0 spiro atoms. The predicted octanol–water partition coefficient (Wildman–Crippen LogP) is 4.10. The summed E-state index contributed by atoms with van der Waals surface area (Å²) in [6.07, 6.45) is 15.0. The number of ether oxygens (including phenoxy) is 2. The quantitative estimate of drug-likeness (QED) is 0.144. The molecule has 1 aliphatic rings. The summed E-state index contributed by atoms with van der Waals surface area (Å²) < 4.78 is 31.4. The Balaban J connectivity index is 0.000000292. The molecule has 0 N–H and O–H groups in total. The minimum Gasteiger partial charge on any atom is -0.425 e. The zero-order chi connectivity index (χ0) is 31.6. The number of carbonyl (C=O) groups is 1. The van der Waals surface area contributed by atoms with Gasteiger partial charge in [0.25, 0.3) is 7.12 Å². The first-order valence-electron chi connectivity index (χ1n) is 13.2. The summed E-state index contributed by atoms with van der Waals surface area (Å²) in [6, 6.07) is 24.8. The number of benzene rings is 2. The van der Waals surface area contributed by atoms with Crippen LogP contribution in [0.15, 0.2) is 116 Å². The van der Waals surface area contributed by atoms with Crippen LogP contribution in [0.2, 0.25) is 0 Å². The van der Waals surface area contributed by atoms with Crippen molar-refractivity contribution in [1.29, 1.82) is 0 Å². The Morgan fingerprint density at radius 2 is 1.31 bits per heavy atom. The summed E-state index contributed by atoms with van der Waals surface area (Å²) in [4.78, 5) is 14.3. The van der Waals surface area contributed by atoms with Crippen LogP contribution in [-0.4, -0.2) is 60.8 Å². The topological polar surface area (TPSA) is 132 Å². The molecule has 0 saturated carbocycles. The van der Waals surface area contributed by atoms with Crippen molar-refractivity contribution < 1.29 is 44.6 Å². The number of nitrogens with zero attached hydrogens (tertiary/aromatic N) is 7. The number of piperidine rings is 1. The van der Waals surface area contributed by atoms with Gasteiger partial charge in [-0.25, -0.2) is 20.1 Å². The molecule has 0 bridgehead atoms. The molecule has 4 heterocycles. The normalized spacial score (nSPS) is 13.8. The van der Waals surface area contributed by atoms with E-state index in [2.05, 4.69) is 28.6 Å². The molecule has 5 aromatic rings. The first-order chi connectivity index (χ1) is 21.7. The smallest absolute Gasteiger partial charge is 0.425 e. The minimum atomic E-state index is -0.355. The number of amides is 1. The molecule has 14 heteroatoms. The molecule has 1 saturated heterocycles. The van der Waals surface area contributed by atoms with Crippen LogP contribution < -0.4 is 0 Å². The molecule has 0 aliphatic carbocycles. The van der Waals surface area contributed by atoms with Crippen LogP contribution in [-0.2, 0) is 46.5 Å². The summed E-state index contributed by atoms with van der Waals surface area (Å²) in [7, 11) is 1.43. The standard InChI is InChI=1S/C20H20NO3.C9H9BN6.2CO.Mo/c1-23-18-13-8-14-21(19(18)17-11-6-3-7-12-17)20(22)24-15-16-9-4-2-5-10-16;1-4-11-14(7-1)10(15-8-2-5-12-15)16-9-3-6-13-16;2*1-2;/h2-13,19H,14-15H2,1H3;1-9H;;;/q;-1;;;+2. The van der Waals surface area contributed by atoms with Crippen molar-refractivity contribution in [1.82, 2.24) is 34.0 Å². The minimum absolute atomic E-state index is 0. The number of rotatable bonds is 7. The molecule has 1 fully saturated rings. The second-order valence-corrected chi connectivity index (χ2v) is 8.82. The van der Waals surface area contributed by atoms with Crippen LogP contribution in [0.5, 0.6) is 0 Å². The average molecular weight is 686 g/mol. The zero-order valence-corrected chi connectivity index (χ0v) is 26.3. The number of aromatic nitrogens is 6. The van der Waals surface area contributed by atoms with Gasteiger partial charge in [0.2, 0.25) is 0 Å². The molecule has 4 radical (unpaired) electrons. The van der Waals surface area contributed by atoms with Crippen LogP contribution in [0.4, 0.5) is 4.79 Å². The van der Waals surface area contributed by atoms with E-state index >= 15 is 0 Å². The van der Waals surface area contributed by atoms with Gasteiger partial charge in [-0.2, -0.15) is 0 Å². The number of methoxy groups -OCH3 is 1. The second-order valence-electron chi connectivity index (χ2n) is 8.82. The van der Waals surface area contributed by atoms with Gasteiger partial charge in [0.15, 0.2) is 0 Å². The summed E-state index contributed by atoms with van der Waals surface area (Å²) in [6.45, 7) is 9.74. The number of carbonyl (C=O) groups excluding carboxylic acids is 1. The van der Waals surface area contributed by atoms with Crippen molar-refractivity contribution >= 4 is 13.2 Å². The Morgan fingerprint density at radius 3 is 1.76 bits per heavy atom. The Labute approximate surface area is 276 Å². The van der Waals surface area contributed by atoms with Gasteiger partial charge >= 0.3 is 49.8 Å². The van der Waals surface area contributed by atoms with E-state index in [1.54, 1.807) is 44.4 Å². The SMILES string of the molecule is CO[C]1[CH][CH]CN(C(=O)OCc2ccccc2)C1c1ccccc1.[C-]#[O+].[C-]#[O+].[Mo+2].c1cnn([B-](n2cccn2)n2cccn2)c1. The molecular formula is C31H29BMoN7O5+. The monoisotopic (exact) mass is 688 g/mol. The number of hydrogen-bond acceptors (Lipinski definition) is 6. The first-order valence-corrected chi connectivity index (χ1v) is 13.2. The summed E-state index contributed by atoms with van der Waals surface area (Å²) in [5.74, 6) is 0. The molecular weight excluding hydrogens is 657 g/mol. The predicted molar refractivity (Wildman–Crippen MR) is 158 cm³/mol. The molecule has 226 valence electrons. The van der Waals surface area contributed by atoms with Gasteiger partial charge < -0.3 is 23.3 Å². The van der Waals surface area contributed by atoms with E-state index in [0.717, 1.165) is 17.2 Å². The van der Waals surface area contributed by atoms with Crippen LogP contribution in [0.25, 0.3) is 0 Å². The van der Waals surface area contributed by atoms with E-state index < -0.39 is 0 Å². The summed E-state index contributed by atoms with van der Waals surface area (Å²) >= 11 is 0. The van der Waals surface area contributed by atoms with Crippen LogP contribution >= 0.6 is 0 Å². The van der Waals surface area contributed by atoms with Crippen LogP contribution in [0.3, 0.4) is 0 Å². The van der Waals surface area contributed by atoms with Crippen LogP contribution in [0.1, 0.15) is 17.2 Å². The Hall–Kier alpha value is -4.47. The fourth-order valence-electron chi connectivity index (χ4n) is 4.39. The number of likely N-dealkylation sites (tertiary alicyclic amines) is 1. The van der Waals surface area contributed by atoms with Crippen LogP contribution in [0, 0.1) is 32.2 Å². The van der Waals surface area contributed by atoms with E-state index in [9.17, 15) is 4.79 Å². The Kier molecular flexibility index (Phi) is 16.7. The first kappa shape index (κ1) is 36.7. The van der Waals surface area contributed by atoms with E-state index in [4.69, 9.17) is 18.8 Å². The molecule has 2 aromatic carbocycles. The van der Waals surface area contributed by atoms with Crippen molar-refractivity contribution in [3.63, 3.8) is 0 Å². The maximum Gasteiger partial charge on any atom is 2.00 e. The molecule has 1 amide bonds. The Bertz CT molecular complexity index is 1420. The van der Waals surface area contributed by atoms with Crippen molar-refractivity contribution in [3.8, 4) is 0 Å². The second kappa shape index (κ2) is 20.5. The zero-order valence-electron chi connectivity index (χ0n) is 24.3. The van der Waals surface area contributed by atoms with Gasteiger partial charge in [-0.15, -0.1) is 0 Å². The van der Waals surface area contributed by atoms with Gasteiger partial charge in [-0.1, -0.05) is 60.7 Å². The van der Waals surface area contributed by atoms with Gasteiger partial charge in [-0.3, -0.25) is 4.90 Å². The van der Waals surface area contributed by atoms with E-state index in [1.807, 2.05) is 110 Å². The molecule has 3 aromatic heterocycles. The van der Waals surface area contributed by atoms with Gasteiger partial charge in [0, 0.05) is 38.7 Å². The average Bonchev–Trinajstić information content (AvgIpc) is 3.93. The molecule has 1 unspecified atom stereocenters. The summed E-state index contributed by atoms with van der Waals surface area (Å²) in [5.41, 5.74) is 1.96. The van der Waals surface area contributed by atoms with Crippen molar-refractivity contribution in [2.75, 3.05) is 13.7 Å². The third kappa shape index (κ3) is 10.3. The molecule has 6 rings (SSSR count). The van der Waals surface area contributed by atoms with Crippen molar-refractivity contribution in [3.05, 3.63) is 159 Å². The largest absolute Gasteiger partial charge is 2.00 e. The van der Waals surface area contributed by atoms with Gasteiger partial charge in [-0.05, 0) is 54.3 Å². The van der Waals surface area contributed by atoms with E-state index in [1.165, 1.54) is 0 Å². The number of hydrogen-bond donors (Lipinski definition) is 0. The molecule has 1 atom stereocenters. The van der Waals surface area contributed by atoms with Gasteiger partial charge in [0.05, 0.1) is 6.04 Å². The molecule has 45 heavy (non-hydrogen) atoms. The summed E-state index contributed by atoms with van der Waals surface area (Å²) in [5, 5.41) is 12.7. The van der Waals surface area contributed by atoms with Gasteiger partial charge in [0.1, 0.15) is 12.7 Å². The maximum absolute atomic E-state index is 12.6. The molecule has 12 nitrogen and oxygen atoms in total. The Morgan fingerprint density at radius 1 is 0.822 bits per heavy atom. The fourth-order valence-corrected chi connectivity index (χ4v) is 4.39. The third-order valence-corrected chi connectivity index (χ3v) is 6.24. The molecule has 1 aliphatic heterocycles. The van der Waals surface area contributed by atoms with E-state index in [-0.39, 0.29) is 46.9 Å². The third-order valence-electron chi connectivity index (χ3n) is 6.24. The van der Waals surface area contributed by atoms with Crippen molar-refractivity contribution in [2.24, 2.45) is 0 Å².